The molecule has 3 unspecified atom stereocenters. The van der Waals surface area contributed by atoms with Gasteiger partial charge in [-0.05, 0) is 55.2 Å². The second-order valence-electron chi connectivity index (χ2n) is 7.78. The third kappa shape index (κ3) is 5.21. The summed E-state index contributed by atoms with van der Waals surface area (Å²) in [5.74, 6) is 2.16. The standard InChI is InChI=1S/C23H27NO7/c1-14(24-11-17(25)8-16-3-5-18-20(10-16)30-13-29-18)7-15-4-6-19-21(9-15)28-12-22(31-19)23(26)27-2/h3-6,9-10,14,17,22,24-25H,7-8,11-13H2,1-2H3. The highest BCUT2D eigenvalue weighted by Gasteiger charge is 2.28. The van der Waals surface area contributed by atoms with Crippen LogP contribution in [0.15, 0.2) is 36.4 Å². The van der Waals surface area contributed by atoms with E-state index in [0.29, 0.717) is 24.5 Å². The van der Waals surface area contributed by atoms with Gasteiger partial charge in [0.2, 0.25) is 12.9 Å². The molecule has 4 rings (SSSR count). The van der Waals surface area contributed by atoms with Crippen molar-refractivity contribution in [3.05, 3.63) is 47.5 Å². The monoisotopic (exact) mass is 429 g/mol. The fourth-order valence-corrected chi connectivity index (χ4v) is 3.67. The largest absolute Gasteiger partial charge is 0.485 e. The number of carbonyl (C=O) groups is 1. The number of nitrogens with one attached hydrogen (secondary N) is 1. The summed E-state index contributed by atoms with van der Waals surface area (Å²) < 4.78 is 26.7. The Hall–Kier alpha value is -2.97. The van der Waals surface area contributed by atoms with E-state index in [0.717, 1.165) is 29.0 Å². The van der Waals surface area contributed by atoms with Crippen molar-refractivity contribution >= 4 is 5.97 Å². The summed E-state index contributed by atoms with van der Waals surface area (Å²) in [7, 11) is 1.32. The molecular weight excluding hydrogens is 402 g/mol. The van der Waals surface area contributed by atoms with Gasteiger partial charge in [-0.2, -0.15) is 0 Å². The lowest BCUT2D eigenvalue weighted by Crippen LogP contribution is -2.37. The van der Waals surface area contributed by atoms with E-state index in [-0.39, 0.29) is 19.4 Å². The minimum absolute atomic E-state index is 0.128. The quantitative estimate of drug-likeness (QED) is 0.614. The average molecular weight is 429 g/mol. The summed E-state index contributed by atoms with van der Waals surface area (Å²) in [6, 6.07) is 11.6. The van der Waals surface area contributed by atoms with Crippen LogP contribution in [0.5, 0.6) is 23.0 Å². The van der Waals surface area contributed by atoms with Crippen LogP contribution in [0.3, 0.4) is 0 Å². The lowest BCUT2D eigenvalue weighted by atomic mass is 10.0. The van der Waals surface area contributed by atoms with E-state index < -0.39 is 18.2 Å². The predicted octanol–water partition coefficient (Wildman–Crippen LogP) is 1.85. The first-order valence-electron chi connectivity index (χ1n) is 10.3. The van der Waals surface area contributed by atoms with Crippen LogP contribution in [0.25, 0.3) is 0 Å². The van der Waals surface area contributed by atoms with Crippen molar-refractivity contribution in [1.29, 1.82) is 0 Å². The lowest BCUT2D eigenvalue weighted by Gasteiger charge is -2.25. The van der Waals surface area contributed by atoms with Gasteiger partial charge in [0.15, 0.2) is 23.0 Å². The van der Waals surface area contributed by atoms with E-state index in [9.17, 15) is 9.90 Å². The number of carbonyl (C=O) groups excluding carboxylic acids is 1. The molecule has 0 spiro atoms. The first-order valence-corrected chi connectivity index (χ1v) is 10.3. The first-order chi connectivity index (χ1) is 15.0. The normalized spacial score (nSPS) is 18.4. The van der Waals surface area contributed by atoms with E-state index in [1.54, 1.807) is 6.07 Å². The molecule has 2 N–H and O–H groups in total. The molecule has 2 aromatic rings. The third-order valence-electron chi connectivity index (χ3n) is 5.28. The molecule has 0 aromatic heterocycles. The molecule has 2 aromatic carbocycles. The second-order valence-corrected chi connectivity index (χ2v) is 7.78. The van der Waals surface area contributed by atoms with Gasteiger partial charge in [0.1, 0.15) is 6.61 Å². The zero-order valence-electron chi connectivity index (χ0n) is 17.6. The van der Waals surface area contributed by atoms with Crippen molar-refractivity contribution in [1.82, 2.24) is 5.32 Å². The molecule has 2 aliphatic heterocycles. The van der Waals surface area contributed by atoms with Crippen molar-refractivity contribution < 1.29 is 33.6 Å². The molecule has 2 aliphatic rings. The Bertz CT molecular complexity index is 932. The van der Waals surface area contributed by atoms with Crippen molar-refractivity contribution in [3.63, 3.8) is 0 Å². The zero-order chi connectivity index (χ0) is 21.8. The SMILES string of the molecule is COC(=O)C1COc2cc(CC(C)NCC(O)Cc3ccc4c(c3)OCO4)ccc2O1. The van der Waals surface area contributed by atoms with Gasteiger partial charge in [-0.25, -0.2) is 4.79 Å². The number of benzene rings is 2. The molecule has 166 valence electrons. The number of methoxy groups -OCH3 is 1. The molecule has 0 saturated carbocycles. The second kappa shape index (κ2) is 9.45. The molecule has 8 nitrogen and oxygen atoms in total. The van der Waals surface area contributed by atoms with E-state index in [1.165, 1.54) is 7.11 Å². The Morgan fingerprint density at radius 3 is 2.52 bits per heavy atom. The van der Waals surface area contributed by atoms with Crippen LogP contribution in [0, 0.1) is 0 Å². The summed E-state index contributed by atoms with van der Waals surface area (Å²) in [5, 5.41) is 13.8. The minimum Gasteiger partial charge on any atom is -0.485 e. The van der Waals surface area contributed by atoms with Crippen LogP contribution < -0.4 is 24.3 Å². The number of rotatable bonds is 8. The molecule has 0 amide bonds. The van der Waals surface area contributed by atoms with Crippen molar-refractivity contribution in [2.24, 2.45) is 0 Å². The fourth-order valence-electron chi connectivity index (χ4n) is 3.67. The number of hydrogen-bond donors (Lipinski definition) is 2. The highest BCUT2D eigenvalue weighted by molar-refractivity contribution is 5.75. The number of fused-ring (bicyclic) bond motifs is 2. The molecule has 0 fully saturated rings. The molecular formula is C23H27NO7. The first kappa shape index (κ1) is 21.3. The number of ether oxygens (including phenoxy) is 5. The molecule has 0 radical (unpaired) electrons. The number of hydrogen-bond acceptors (Lipinski definition) is 8. The smallest absolute Gasteiger partial charge is 0.350 e. The van der Waals surface area contributed by atoms with Crippen LogP contribution in [0.1, 0.15) is 18.1 Å². The number of esters is 1. The topological polar surface area (TPSA) is 95.5 Å². The summed E-state index contributed by atoms with van der Waals surface area (Å²) in [6.45, 7) is 2.91. The Kier molecular flexibility index (Phi) is 6.48. The van der Waals surface area contributed by atoms with Crippen molar-refractivity contribution in [2.45, 2.75) is 38.0 Å². The maximum absolute atomic E-state index is 11.6. The Morgan fingerprint density at radius 1 is 1.06 bits per heavy atom. The van der Waals surface area contributed by atoms with Crippen LogP contribution >= 0.6 is 0 Å². The van der Waals surface area contributed by atoms with E-state index >= 15 is 0 Å². The van der Waals surface area contributed by atoms with Gasteiger partial charge in [0.25, 0.3) is 0 Å². The van der Waals surface area contributed by atoms with Gasteiger partial charge in [0.05, 0.1) is 13.2 Å². The van der Waals surface area contributed by atoms with Gasteiger partial charge < -0.3 is 34.1 Å². The third-order valence-corrected chi connectivity index (χ3v) is 5.28. The molecule has 0 saturated heterocycles. The van der Waals surface area contributed by atoms with Crippen LogP contribution in [-0.4, -0.2) is 56.4 Å². The highest BCUT2D eigenvalue weighted by atomic mass is 16.7. The summed E-state index contributed by atoms with van der Waals surface area (Å²) >= 11 is 0. The summed E-state index contributed by atoms with van der Waals surface area (Å²) in [5.41, 5.74) is 2.08. The Morgan fingerprint density at radius 2 is 1.74 bits per heavy atom. The summed E-state index contributed by atoms with van der Waals surface area (Å²) in [4.78, 5) is 11.6. The molecule has 3 atom stereocenters. The minimum atomic E-state index is -0.741. The van der Waals surface area contributed by atoms with Crippen LogP contribution in [0.2, 0.25) is 0 Å². The van der Waals surface area contributed by atoms with E-state index in [1.807, 2.05) is 30.3 Å². The van der Waals surface area contributed by atoms with Crippen LogP contribution in [0.4, 0.5) is 0 Å². The van der Waals surface area contributed by atoms with Gasteiger partial charge in [-0.3, -0.25) is 0 Å². The zero-order valence-corrected chi connectivity index (χ0v) is 17.6. The Labute approximate surface area is 181 Å². The number of aliphatic hydroxyl groups is 1. The highest BCUT2D eigenvalue weighted by Crippen LogP contribution is 2.34. The van der Waals surface area contributed by atoms with E-state index in [4.69, 9.17) is 23.7 Å². The van der Waals surface area contributed by atoms with Crippen LogP contribution in [-0.2, 0) is 22.4 Å². The van der Waals surface area contributed by atoms with Gasteiger partial charge in [0, 0.05) is 12.6 Å². The number of aliphatic hydroxyl groups excluding tert-OH is 1. The van der Waals surface area contributed by atoms with E-state index in [2.05, 4.69) is 12.2 Å². The molecule has 31 heavy (non-hydrogen) atoms. The Balaban J connectivity index is 1.25. The molecule has 0 bridgehead atoms. The maximum Gasteiger partial charge on any atom is 0.350 e. The molecule has 8 heteroatoms. The van der Waals surface area contributed by atoms with Gasteiger partial charge in [-0.1, -0.05) is 12.1 Å². The molecule has 2 heterocycles. The van der Waals surface area contributed by atoms with Gasteiger partial charge in [-0.15, -0.1) is 0 Å². The summed E-state index contributed by atoms with van der Waals surface area (Å²) in [6.07, 6.45) is 0.0313. The van der Waals surface area contributed by atoms with Gasteiger partial charge >= 0.3 is 5.97 Å². The van der Waals surface area contributed by atoms with Crippen molar-refractivity contribution in [3.8, 4) is 23.0 Å². The fraction of sp³-hybridized carbons (Fsp3) is 0.435. The average Bonchev–Trinajstić information content (AvgIpc) is 3.24. The maximum atomic E-state index is 11.6. The predicted molar refractivity (Wildman–Crippen MR) is 112 cm³/mol. The molecule has 0 aliphatic carbocycles. The van der Waals surface area contributed by atoms with Crippen molar-refractivity contribution in [2.75, 3.05) is 27.1 Å². The lowest BCUT2D eigenvalue weighted by molar-refractivity contribution is -0.151.